The van der Waals surface area contributed by atoms with Crippen LogP contribution in [-0.4, -0.2) is 33.4 Å². The first-order valence-electron chi connectivity index (χ1n) is 7.88. The largest absolute Gasteiger partial charge is 0.452 e. The van der Waals surface area contributed by atoms with Crippen molar-refractivity contribution in [3.63, 3.8) is 0 Å². The maximum atomic E-state index is 11.9. The van der Waals surface area contributed by atoms with Crippen molar-refractivity contribution in [1.82, 2.24) is 5.32 Å². The Kier molecular flexibility index (Phi) is 6.48. The van der Waals surface area contributed by atoms with Crippen LogP contribution in [-0.2, 0) is 26.0 Å². The van der Waals surface area contributed by atoms with E-state index in [1.54, 1.807) is 37.3 Å². The first kappa shape index (κ1) is 19.6. The van der Waals surface area contributed by atoms with E-state index in [0.29, 0.717) is 18.5 Å². The van der Waals surface area contributed by atoms with Crippen molar-refractivity contribution in [1.29, 1.82) is 0 Å². The lowest BCUT2D eigenvalue weighted by atomic mass is 10.1. The van der Waals surface area contributed by atoms with Gasteiger partial charge < -0.3 is 10.1 Å². The van der Waals surface area contributed by atoms with Crippen molar-refractivity contribution in [3.8, 4) is 0 Å². The molecular formula is C18H20N2O5S. The molecule has 2 aromatic rings. The zero-order valence-corrected chi connectivity index (χ0v) is 15.1. The summed E-state index contributed by atoms with van der Waals surface area (Å²) in [5.41, 5.74) is 2.05. The molecule has 8 heteroatoms. The summed E-state index contributed by atoms with van der Waals surface area (Å²) < 4.78 is 27.3. The zero-order valence-electron chi connectivity index (χ0n) is 14.3. The lowest BCUT2D eigenvalue weighted by Crippen LogP contribution is -2.30. The number of primary sulfonamides is 1. The summed E-state index contributed by atoms with van der Waals surface area (Å²) in [6.07, 6.45) is 0.502. The lowest BCUT2D eigenvalue weighted by Gasteiger charge is -2.08. The molecule has 0 atom stereocenters. The smallest absolute Gasteiger partial charge is 0.338 e. The fourth-order valence-corrected chi connectivity index (χ4v) is 2.77. The van der Waals surface area contributed by atoms with Gasteiger partial charge in [0.25, 0.3) is 5.91 Å². The Morgan fingerprint density at radius 1 is 1.08 bits per heavy atom. The minimum atomic E-state index is -3.71. The van der Waals surface area contributed by atoms with Crippen molar-refractivity contribution >= 4 is 21.9 Å². The summed E-state index contributed by atoms with van der Waals surface area (Å²) in [5.74, 6) is -0.954. The molecule has 0 bridgehead atoms. The second kappa shape index (κ2) is 8.59. The van der Waals surface area contributed by atoms with Gasteiger partial charge in [0.05, 0.1) is 10.5 Å². The maximum Gasteiger partial charge on any atom is 0.338 e. The third-order valence-electron chi connectivity index (χ3n) is 3.69. The van der Waals surface area contributed by atoms with Gasteiger partial charge in [-0.3, -0.25) is 4.79 Å². The van der Waals surface area contributed by atoms with Gasteiger partial charge in [-0.2, -0.15) is 0 Å². The highest BCUT2D eigenvalue weighted by molar-refractivity contribution is 7.89. The molecule has 138 valence electrons. The molecule has 0 aliphatic carbocycles. The molecule has 0 heterocycles. The number of hydrogen-bond acceptors (Lipinski definition) is 5. The standard InChI is InChI=1S/C18H20N2O5S/c1-13-4-2-3-5-16(13)18(22)25-12-17(21)20-11-10-14-6-8-15(9-7-14)26(19,23)24/h2-9H,10-12H2,1H3,(H,20,21)(H2,19,23,24). The van der Waals surface area contributed by atoms with E-state index in [2.05, 4.69) is 5.32 Å². The Balaban J connectivity index is 1.75. The number of hydrogen-bond donors (Lipinski definition) is 2. The first-order valence-corrected chi connectivity index (χ1v) is 9.43. The molecule has 0 saturated heterocycles. The van der Waals surface area contributed by atoms with Gasteiger partial charge in [-0.1, -0.05) is 30.3 Å². The molecule has 3 N–H and O–H groups in total. The van der Waals surface area contributed by atoms with E-state index >= 15 is 0 Å². The molecule has 2 rings (SSSR count). The van der Waals surface area contributed by atoms with Crippen LogP contribution in [0, 0.1) is 6.92 Å². The van der Waals surface area contributed by atoms with Crippen LogP contribution >= 0.6 is 0 Å². The van der Waals surface area contributed by atoms with Crippen molar-refractivity contribution in [2.24, 2.45) is 5.14 Å². The molecule has 0 radical (unpaired) electrons. The van der Waals surface area contributed by atoms with Gasteiger partial charge in [0.2, 0.25) is 10.0 Å². The third-order valence-corrected chi connectivity index (χ3v) is 4.62. The fraction of sp³-hybridized carbons (Fsp3) is 0.222. The van der Waals surface area contributed by atoms with Crippen molar-refractivity contribution < 1.29 is 22.7 Å². The summed E-state index contributed by atoms with van der Waals surface area (Å²) in [6.45, 7) is 1.75. The van der Waals surface area contributed by atoms with E-state index in [9.17, 15) is 18.0 Å². The maximum absolute atomic E-state index is 11.9. The van der Waals surface area contributed by atoms with Crippen molar-refractivity contribution in [3.05, 3.63) is 65.2 Å². The molecule has 0 unspecified atom stereocenters. The Labute approximate surface area is 152 Å². The predicted octanol–water partition coefficient (Wildman–Crippen LogP) is 1.16. The summed E-state index contributed by atoms with van der Waals surface area (Å²) in [5, 5.41) is 7.67. The molecule has 7 nitrogen and oxygen atoms in total. The monoisotopic (exact) mass is 376 g/mol. The molecule has 0 fully saturated rings. The topological polar surface area (TPSA) is 116 Å². The van der Waals surface area contributed by atoms with Crippen molar-refractivity contribution in [2.45, 2.75) is 18.2 Å². The predicted molar refractivity (Wildman–Crippen MR) is 96.0 cm³/mol. The van der Waals surface area contributed by atoms with Crippen LogP contribution in [0.3, 0.4) is 0 Å². The molecule has 0 aromatic heterocycles. The quantitative estimate of drug-likeness (QED) is 0.704. The second-order valence-electron chi connectivity index (χ2n) is 5.68. The van der Waals surface area contributed by atoms with E-state index in [-0.39, 0.29) is 11.5 Å². The number of nitrogens with one attached hydrogen (secondary N) is 1. The number of rotatable bonds is 7. The highest BCUT2D eigenvalue weighted by Gasteiger charge is 2.12. The molecule has 0 spiro atoms. The number of carbonyl (C=O) groups excluding carboxylic acids is 2. The summed E-state index contributed by atoms with van der Waals surface area (Å²) in [7, 11) is -3.71. The highest BCUT2D eigenvalue weighted by atomic mass is 32.2. The van der Waals surface area contributed by atoms with E-state index in [4.69, 9.17) is 9.88 Å². The number of amides is 1. The van der Waals surface area contributed by atoms with Crippen LogP contribution in [0.1, 0.15) is 21.5 Å². The normalized spacial score (nSPS) is 11.0. The Hall–Kier alpha value is -2.71. The number of nitrogens with two attached hydrogens (primary N) is 1. The SMILES string of the molecule is Cc1ccccc1C(=O)OCC(=O)NCCc1ccc(S(N)(=O)=O)cc1. The Morgan fingerprint density at radius 3 is 2.35 bits per heavy atom. The average molecular weight is 376 g/mol. The van der Waals surface area contributed by atoms with Gasteiger partial charge in [-0.25, -0.2) is 18.4 Å². The number of aryl methyl sites for hydroxylation is 1. The lowest BCUT2D eigenvalue weighted by molar-refractivity contribution is -0.124. The highest BCUT2D eigenvalue weighted by Crippen LogP contribution is 2.09. The Bertz CT molecular complexity index is 892. The van der Waals surface area contributed by atoms with E-state index in [1.165, 1.54) is 12.1 Å². The molecule has 0 aliphatic heterocycles. The van der Waals surface area contributed by atoms with Gasteiger partial charge >= 0.3 is 5.97 Å². The molecule has 0 aliphatic rings. The van der Waals surface area contributed by atoms with Crippen LogP contribution < -0.4 is 10.5 Å². The minimum Gasteiger partial charge on any atom is -0.452 e. The van der Waals surface area contributed by atoms with E-state index in [0.717, 1.165) is 11.1 Å². The zero-order chi connectivity index (χ0) is 19.2. The van der Waals surface area contributed by atoms with Crippen LogP contribution in [0.5, 0.6) is 0 Å². The second-order valence-corrected chi connectivity index (χ2v) is 7.24. The molecule has 0 saturated carbocycles. The summed E-state index contributed by atoms with van der Waals surface area (Å²) in [6, 6.07) is 13.1. The minimum absolute atomic E-state index is 0.0356. The number of benzene rings is 2. The molecule has 2 aromatic carbocycles. The van der Waals surface area contributed by atoms with E-state index < -0.39 is 21.9 Å². The van der Waals surface area contributed by atoms with Crippen LogP contribution in [0.4, 0.5) is 0 Å². The van der Waals surface area contributed by atoms with Gasteiger partial charge in [-0.15, -0.1) is 0 Å². The van der Waals surface area contributed by atoms with Crippen molar-refractivity contribution in [2.75, 3.05) is 13.2 Å². The van der Waals surface area contributed by atoms with Gasteiger partial charge in [0, 0.05) is 6.54 Å². The fourth-order valence-electron chi connectivity index (χ4n) is 2.25. The van der Waals surface area contributed by atoms with Gasteiger partial charge in [-0.05, 0) is 42.7 Å². The van der Waals surface area contributed by atoms with Gasteiger partial charge in [0.1, 0.15) is 0 Å². The Morgan fingerprint density at radius 2 is 1.73 bits per heavy atom. The van der Waals surface area contributed by atoms with Crippen LogP contribution in [0.15, 0.2) is 53.4 Å². The van der Waals surface area contributed by atoms with Crippen LogP contribution in [0.25, 0.3) is 0 Å². The molecule has 1 amide bonds. The van der Waals surface area contributed by atoms with Gasteiger partial charge in [0.15, 0.2) is 6.61 Å². The van der Waals surface area contributed by atoms with Crippen LogP contribution in [0.2, 0.25) is 0 Å². The number of ether oxygens (including phenoxy) is 1. The summed E-state index contributed by atoms with van der Waals surface area (Å²) in [4.78, 5) is 23.7. The third kappa shape index (κ3) is 5.68. The number of esters is 1. The molecular weight excluding hydrogens is 356 g/mol. The molecule has 26 heavy (non-hydrogen) atoms. The van der Waals surface area contributed by atoms with E-state index in [1.807, 2.05) is 6.07 Å². The number of sulfonamides is 1. The first-order chi connectivity index (χ1) is 12.3. The summed E-state index contributed by atoms with van der Waals surface area (Å²) >= 11 is 0. The number of carbonyl (C=O) groups is 2. The average Bonchev–Trinajstić information content (AvgIpc) is 2.60.